The summed E-state index contributed by atoms with van der Waals surface area (Å²) in [6.45, 7) is 4.37. The first kappa shape index (κ1) is 75.7. The van der Waals surface area contributed by atoms with Crippen LogP contribution < -0.4 is 0 Å². The van der Waals surface area contributed by atoms with Crippen molar-refractivity contribution < 1.29 is 42.1 Å². The summed E-state index contributed by atoms with van der Waals surface area (Å²) < 4.78 is 34.7. The topological polar surface area (TPSA) is 108 Å². The van der Waals surface area contributed by atoms with Crippen LogP contribution in [-0.4, -0.2) is 74.9 Å². The molecule has 0 aromatic heterocycles. The van der Waals surface area contributed by atoms with Crippen molar-refractivity contribution in [3.8, 4) is 0 Å². The number of rotatable bonds is 61. The number of nitrogens with zero attached hydrogens (tertiary/aromatic N) is 1. The average Bonchev–Trinajstić information content (AvgIpc) is 3.41. The molecule has 0 spiro atoms. The summed E-state index contributed by atoms with van der Waals surface area (Å²) in [5.74, 6) is -0.787. The van der Waals surface area contributed by atoms with Gasteiger partial charge in [0.1, 0.15) is 19.8 Å². The van der Waals surface area contributed by atoms with E-state index in [1.807, 2.05) is 21.1 Å². The fraction of sp³-hybridized carbons (Fsp3) is 0.824. The summed E-state index contributed by atoms with van der Waals surface area (Å²) in [4.78, 5) is 35.8. The fourth-order valence-corrected chi connectivity index (χ4v) is 10.3. The summed E-state index contributed by atoms with van der Waals surface area (Å²) >= 11 is 0. The molecule has 78 heavy (non-hydrogen) atoms. The van der Waals surface area contributed by atoms with Gasteiger partial charge < -0.3 is 18.9 Å². The molecule has 0 aliphatic carbocycles. The molecular formula is C68H127NO8P+. The second-order valence-corrected chi connectivity index (χ2v) is 24.9. The summed E-state index contributed by atoms with van der Waals surface area (Å²) in [5.41, 5.74) is 0. The van der Waals surface area contributed by atoms with Gasteiger partial charge in [-0.25, -0.2) is 4.57 Å². The van der Waals surface area contributed by atoms with E-state index < -0.39 is 26.5 Å². The van der Waals surface area contributed by atoms with Gasteiger partial charge in [-0.15, -0.1) is 0 Å². The molecule has 2 atom stereocenters. The number of hydrogen-bond donors (Lipinski definition) is 1. The van der Waals surface area contributed by atoms with E-state index in [0.29, 0.717) is 23.9 Å². The van der Waals surface area contributed by atoms with Crippen LogP contribution in [0.25, 0.3) is 0 Å². The predicted octanol–water partition coefficient (Wildman–Crippen LogP) is 21.0. The Bertz CT molecular complexity index is 1500. The van der Waals surface area contributed by atoms with Crippen molar-refractivity contribution in [2.45, 2.75) is 315 Å². The Balaban J connectivity index is 4.07. The van der Waals surface area contributed by atoms with Crippen LogP contribution in [0.4, 0.5) is 0 Å². The minimum atomic E-state index is -4.39. The van der Waals surface area contributed by atoms with Crippen LogP contribution in [0.3, 0.4) is 0 Å². The maximum atomic E-state index is 12.9. The molecule has 0 radical (unpaired) electrons. The minimum absolute atomic E-state index is 0.0311. The lowest BCUT2D eigenvalue weighted by Crippen LogP contribution is -2.37. The first-order valence-electron chi connectivity index (χ1n) is 33.0. The van der Waals surface area contributed by atoms with Crippen molar-refractivity contribution in [1.82, 2.24) is 0 Å². The molecule has 0 amide bonds. The molecule has 0 aromatic carbocycles. The third-order valence-corrected chi connectivity index (χ3v) is 15.5. The Hall–Kier alpha value is -2.29. The van der Waals surface area contributed by atoms with Gasteiger partial charge in [-0.3, -0.25) is 18.6 Å². The van der Waals surface area contributed by atoms with Gasteiger partial charge in [-0.1, -0.05) is 299 Å². The number of hydrogen-bond acceptors (Lipinski definition) is 7. The third-order valence-electron chi connectivity index (χ3n) is 14.6. The standard InChI is InChI=1S/C68H126NO8P/c1-6-8-10-12-14-16-18-20-22-24-26-28-30-32-34-36-38-40-42-44-46-48-50-52-54-56-58-60-67(70)74-64-66(65-76-78(72,73)75-63-62-69(3,4)5)77-68(71)61-59-57-55-53-51-49-47-45-43-41-39-37-35-33-31-29-27-25-23-21-19-17-15-13-11-9-7-2/h9,11,15,17,21,23,27,29,33,35,66H,6-8,10,12-14,16,18-20,22,24-26,28,30-32,34,36-65H2,1-5H3/p+1/b11-9-,17-15-,23-21-,29-27-,35-33-. The number of carbonyl (C=O) groups is 2. The van der Waals surface area contributed by atoms with Crippen LogP contribution in [0, 0.1) is 0 Å². The van der Waals surface area contributed by atoms with Crippen molar-refractivity contribution in [3.63, 3.8) is 0 Å². The maximum absolute atomic E-state index is 12.9. The second-order valence-electron chi connectivity index (χ2n) is 23.5. The van der Waals surface area contributed by atoms with Crippen LogP contribution in [0.1, 0.15) is 309 Å². The Morgan fingerprint density at radius 2 is 0.731 bits per heavy atom. The molecule has 0 aliphatic rings. The Labute approximate surface area is 483 Å². The average molecular weight is 1120 g/mol. The fourth-order valence-electron chi connectivity index (χ4n) is 9.52. The molecule has 1 N–H and O–H groups in total. The Morgan fingerprint density at radius 3 is 1.09 bits per heavy atom. The maximum Gasteiger partial charge on any atom is 0.472 e. The van der Waals surface area contributed by atoms with E-state index in [9.17, 15) is 19.0 Å². The first-order valence-corrected chi connectivity index (χ1v) is 34.5. The summed E-state index contributed by atoms with van der Waals surface area (Å²) in [5, 5.41) is 0. The number of unbranched alkanes of at least 4 members (excludes halogenated alkanes) is 37. The van der Waals surface area contributed by atoms with Crippen molar-refractivity contribution in [3.05, 3.63) is 60.8 Å². The molecule has 2 unspecified atom stereocenters. The number of quaternary nitrogens is 1. The number of carbonyl (C=O) groups excluding carboxylic acids is 2. The van der Waals surface area contributed by atoms with Crippen LogP contribution in [0.15, 0.2) is 60.8 Å². The largest absolute Gasteiger partial charge is 0.472 e. The SMILES string of the molecule is CC/C=C\C/C=C\C/C=C\C/C=C\C/C=C\CCCCCCCCCCCCCC(=O)OC(COC(=O)CCCCCCCCCCCCCCCCCCCCCCCCCCCCC)COP(=O)(O)OCC[N+](C)(C)C. The van der Waals surface area contributed by atoms with Crippen LogP contribution in [-0.2, 0) is 32.7 Å². The molecular weight excluding hydrogens is 990 g/mol. The van der Waals surface area contributed by atoms with E-state index in [1.165, 1.54) is 205 Å². The zero-order chi connectivity index (χ0) is 57.0. The first-order chi connectivity index (χ1) is 38.0. The molecule has 0 heterocycles. The normalized spacial score (nSPS) is 13.6. The number of ether oxygens (including phenoxy) is 2. The highest BCUT2D eigenvalue weighted by Crippen LogP contribution is 2.43. The predicted molar refractivity (Wildman–Crippen MR) is 335 cm³/mol. The molecule has 0 saturated heterocycles. The third kappa shape index (κ3) is 62.9. The zero-order valence-corrected chi connectivity index (χ0v) is 52.8. The van der Waals surface area contributed by atoms with Gasteiger partial charge in [0.25, 0.3) is 0 Å². The van der Waals surface area contributed by atoms with Gasteiger partial charge in [0.05, 0.1) is 27.7 Å². The van der Waals surface area contributed by atoms with E-state index in [-0.39, 0.29) is 25.6 Å². The van der Waals surface area contributed by atoms with Crippen LogP contribution in [0.5, 0.6) is 0 Å². The quantitative estimate of drug-likeness (QED) is 0.0211. The lowest BCUT2D eigenvalue weighted by Gasteiger charge is -2.24. The molecule has 0 saturated carbocycles. The zero-order valence-electron chi connectivity index (χ0n) is 51.9. The van der Waals surface area contributed by atoms with Gasteiger partial charge in [0, 0.05) is 12.8 Å². The Morgan fingerprint density at radius 1 is 0.410 bits per heavy atom. The number of allylic oxidation sites excluding steroid dienone is 10. The number of phosphoric acid groups is 1. The van der Waals surface area contributed by atoms with Crippen molar-refractivity contribution in [2.75, 3.05) is 47.5 Å². The highest BCUT2D eigenvalue weighted by Gasteiger charge is 2.27. The van der Waals surface area contributed by atoms with Gasteiger partial charge in [-0.05, 0) is 57.8 Å². The summed E-state index contributed by atoms with van der Waals surface area (Å²) in [6.07, 6.45) is 77.4. The van der Waals surface area contributed by atoms with E-state index >= 15 is 0 Å². The van der Waals surface area contributed by atoms with Crippen molar-refractivity contribution in [1.29, 1.82) is 0 Å². The smallest absolute Gasteiger partial charge is 0.462 e. The summed E-state index contributed by atoms with van der Waals surface area (Å²) in [7, 11) is 1.48. The number of phosphoric ester groups is 1. The van der Waals surface area contributed by atoms with Crippen LogP contribution in [0.2, 0.25) is 0 Å². The van der Waals surface area contributed by atoms with Crippen molar-refractivity contribution in [2.24, 2.45) is 0 Å². The van der Waals surface area contributed by atoms with E-state index in [0.717, 1.165) is 70.6 Å². The molecule has 456 valence electrons. The lowest BCUT2D eigenvalue weighted by atomic mass is 10.0. The minimum Gasteiger partial charge on any atom is -0.462 e. The molecule has 0 aliphatic heterocycles. The Kier molecular flexibility index (Phi) is 57.6. The van der Waals surface area contributed by atoms with Gasteiger partial charge in [0.2, 0.25) is 0 Å². The van der Waals surface area contributed by atoms with Crippen molar-refractivity contribution >= 4 is 19.8 Å². The number of likely N-dealkylation sites (N-methyl/N-ethyl adjacent to an activating group) is 1. The molecule has 0 rings (SSSR count). The molecule has 9 nitrogen and oxygen atoms in total. The van der Waals surface area contributed by atoms with E-state index in [2.05, 4.69) is 74.6 Å². The monoisotopic (exact) mass is 1120 g/mol. The van der Waals surface area contributed by atoms with E-state index in [4.69, 9.17) is 18.5 Å². The molecule has 0 aromatic rings. The van der Waals surface area contributed by atoms with E-state index in [1.54, 1.807) is 0 Å². The lowest BCUT2D eigenvalue weighted by molar-refractivity contribution is -0.870. The highest BCUT2D eigenvalue weighted by molar-refractivity contribution is 7.47. The molecule has 10 heteroatoms. The van der Waals surface area contributed by atoms with Gasteiger partial charge in [-0.2, -0.15) is 0 Å². The molecule has 0 bridgehead atoms. The summed E-state index contributed by atoms with van der Waals surface area (Å²) in [6, 6.07) is 0. The van der Waals surface area contributed by atoms with Gasteiger partial charge >= 0.3 is 19.8 Å². The number of esters is 2. The molecule has 0 fully saturated rings. The van der Waals surface area contributed by atoms with Crippen LogP contribution >= 0.6 is 7.82 Å². The highest BCUT2D eigenvalue weighted by atomic mass is 31.2. The van der Waals surface area contributed by atoms with Gasteiger partial charge in [0.15, 0.2) is 6.10 Å². The second kappa shape index (κ2) is 59.3.